The maximum atomic E-state index is 12.2. The molecule has 0 aromatic heterocycles. The van der Waals surface area contributed by atoms with Gasteiger partial charge in [0.25, 0.3) is 0 Å². The van der Waals surface area contributed by atoms with Crippen molar-refractivity contribution in [3.8, 4) is 16.9 Å². The Balaban J connectivity index is 1.93. The monoisotopic (exact) mass is 310 g/mol. The zero-order valence-electron chi connectivity index (χ0n) is 13.3. The Kier molecular flexibility index (Phi) is 4.63. The molecular formula is C19H22N2O2. The number of rotatable bonds is 4. The summed E-state index contributed by atoms with van der Waals surface area (Å²) in [5, 5.41) is 3.11. The summed E-state index contributed by atoms with van der Waals surface area (Å²) in [5.74, 6) is 0.685. The van der Waals surface area contributed by atoms with Gasteiger partial charge in [-0.1, -0.05) is 55.5 Å². The third-order valence-corrected chi connectivity index (χ3v) is 4.28. The molecule has 2 unspecified atom stereocenters. The molecule has 0 radical (unpaired) electrons. The molecular weight excluding hydrogens is 288 g/mol. The standard InChI is InChI=1S/C19H22N2O2/c1-13(12-20)19(22)21-17-10-11-23-18-15(8-5-9-16(17)18)14-6-3-2-4-7-14/h2-9,13,17H,10-12,20H2,1H3,(H,21,22). The number of fused-ring (bicyclic) bond motifs is 1. The number of nitrogens with two attached hydrogens (primary N) is 1. The van der Waals surface area contributed by atoms with Crippen LogP contribution in [0.3, 0.4) is 0 Å². The average Bonchev–Trinajstić information content (AvgIpc) is 2.61. The largest absolute Gasteiger partial charge is 0.492 e. The Morgan fingerprint density at radius 2 is 2.04 bits per heavy atom. The van der Waals surface area contributed by atoms with Gasteiger partial charge in [0, 0.05) is 30.0 Å². The van der Waals surface area contributed by atoms with E-state index in [0.29, 0.717) is 13.2 Å². The van der Waals surface area contributed by atoms with Gasteiger partial charge in [-0.05, 0) is 5.56 Å². The third kappa shape index (κ3) is 3.22. The van der Waals surface area contributed by atoms with Crippen LogP contribution in [0.15, 0.2) is 48.5 Å². The van der Waals surface area contributed by atoms with Gasteiger partial charge in [-0.25, -0.2) is 0 Å². The second-order valence-corrected chi connectivity index (χ2v) is 5.93. The number of ether oxygens (including phenoxy) is 1. The maximum Gasteiger partial charge on any atom is 0.224 e. The molecule has 0 saturated carbocycles. The highest BCUT2D eigenvalue weighted by atomic mass is 16.5. The van der Waals surface area contributed by atoms with E-state index in [9.17, 15) is 4.79 Å². The molecule has 4 nitrogen and oxygen atoms in total. The molecule has 2 atom stereocenters. The fourth-order valence-corrected chi connectivity index (χ4v) is 2.84. The van der Waals surface area contributed by atoms with Crippen LogP contribution < -0.4 is 15.8 Å². The van der Waals surface area contributed by atoms with Gasteiger partial charge < -0.3 is 15.8 Å². The smallest absolute Gasteiger partial charge is 0.224 e. The summed E-state index contributed by atoms with van der Waals surface area (Å²) in [6.45, 7) is 2.79. The Hall–Kier alpha value is -2.33. The molecule has 1 aliphatic rings. The van der Waals surface area contributed by atoms with E-state index in [2.05, 4.69) is 23.5 Å². The molecule has 3 rings (SSSR count). The van der Waals surface area contributed by atoms with Crippen LogP contribution in [-0.2, 0) is 4.79 Å². The normalized spacial score (nSPS) is 17.7. The summed E-state index contributed by atoms with van der Waals surface area (Å²) >= 11 is 0. The van der Waals surface area contributed by atoms with Gasteiger partial charge in [-0.15, -0.1) is 0 Å². The molecule has 0 spiro atoms. The third-order valence-electron chi connectivity index (χ3n) is 4.28. The molecule has 0 saturated heterocycles. The van der Waals surface area contributed by atoms with E-state index in [1.165, 1.54) is 0 Å². The van der Waals surface area contributed by atoms with Crippen molar-refractivity contribution in [2.24, 2.45) is 11.7 Å². The summed E-state index contributed by atoms with van der Waals surface area (Å²) in [4.78, 5) is 12.2. The van der Waals surface area contributed by atoms with E-state index < -0.39 is 0 Å². The summed E-state index contributed by atoms with van der Waals surface area (Å²) in [6, 6.07) is 16.2. The van der Waals surface area contributed by atoms with Crippen molar-refractivity contribution in [1.29, 1.82) is 0 Å². The van der Waals surface area contributed by atoms with E-state index in [4.69, 9.17) is 10.5 Å². The molecule has 1 aliphatic heterocycles. The van der Waals surface area contributed by atoms with Crippen LogP contribution in [0.5, 0.6) is 5.75 Å². The minimum atomic E-state index is -0.182. The van der Waals surface area contributed by atoms with Gasteiger partial charge in [-0.3, -0.25) is 4.79 Å². The number of benzene rings is 2. The highest BCUT2D eigenvalue weighted by molar-refractivity contribution is 5.80. The van der Waals surface area contributed by atoms with E-state index >= 15 is 0 Å². The number of carbonyl (C=O) groups is 1. The van der Waals surface area contributed by atoms with Crippen LogP contribution in [0.4, 0.5) is 0 Å². The van der Waals surface area contributed by atoms with Crippen molar-refractivity contribution in [2.75, 3.05) is 13.2 Å². The predicted molar refractivity (Wildman–Crippen MR) is 91.1 cm³/mol. The molecule has 2 aromatic rings. The number of hydrogen-bond acceptors (Lipinski definition) is 3. The Morgan fingerprint density at radius 3 is 2.78 bits per heavy atom. The van der Waals surface area contributed by atoms with Gasteiger partial charge in [0.15, 0.2) is 0 Å². The van der Waals surface area contributed by atoms with Crippen LogP contribution in [-0.4, -0.2) is 19.1 Å². The van der Waals surface area contributed by atoms with E-state index in [1.807, 2.05) is 37.3 Å². The van der Waals surface area contributed by atoms with Crippen molar-refractivity contribution >= 4 is 5.91 Å². The number of hydrogen-bond donors (Lipinski definition) is 2. The molecule has 1 heterocycles. The van der Waals surface area contributed by atoms with Crippen LogP contribution in [0.25, 0.3) is 11.1 Å². The minimum absolute atomic E-state index is 0.00420. The summed E-state index contributed by atoms with van der Waals surface area (Å²) in [6.07, 6.45) is 0.772. The van der Waals surface area contributed by atoms with Gasteiger partial charge in [0.2, 0.25) is 5.91 Å². The Labute approximate surface area is 136 Å². The minimum Gasteiger partial charge on any atom is -0.492 e. The van der Waals surface area contributed by atoms with Crippen molar-refractivity contribution in [1.82, 2.24) is 5.32 Å². The van der Waals surface area contributed by atoms with Gasteiger partial charge >= 0.3 is 0 Å². The molecule has 0 fully saturated rings. The van der Waals surface area contributed by atoms with E-state index in [0.717, 1.165) is 28.9 Å². The number of amides is 1. The first-order chi connectivity index (χ1) is 11.2. The lowest BCUT2D eigenvalue weighted by Crippen LogP contribution is -2.37. The summed E-state index contributed by atoms with van der Waals surface area (Å²) < 4.78 is 5.93. The van der Waals surface area contributed by atoms with Crippen molar-refractivity contribution in [2.45, 2.75) is 19.4 Å². The molecule has 1 amide bonds. The van der Waals surface area contributed by atoms with Gasteiger partial charge in [0.1, 0.15) is 5.75 Å². The quantitative estimate of drug-likeness (QED) is 0.912. The predicted octanol–water partition coefficient (Wildman–Crippen LogP) is 2.89. The number of para-hydroxylation sites is 1. The van der Waals surface area contributed by atoms with E-state index in [1.54, 1.807) is 0 Å². The molecule has 120 valence electrons. The molecule has 3 N–H and O–H groups in total. The molecule has 0 bridgehead atoms. The first-order valence-electron chi connectivity index (χ1n) is 8.02. The van der Waals surface area contributed by atoms with Gasteiger partial charge in [-0.2, -0.15) is 0 Å². The summed E-state index contributed by atoms with van der Waals surface area (Å²) in [5.41, 5.74) is 8.81. The molecule has 0 aliphatic carbocycles. The first kappa shape index (κ1) is 15.6. The highest BCUT2D eigenvalue weighted by Gasteiger charge is 2.26. The lowest BCUT2D eigenvalue weighted by atomic mass is 9.94. The van der Waals surface area contributed by atoms with Crippen LogP contribution in [0.1, 0.15) is 24.9 Å². The number of nitrogens with one attached hydrogen (secondary N) is 1. The highest BCUT2D eigenvalue weighted by Crippen LogP contribution is 2.40. The molecule has 23 heavy (non-hydrogen) atoms. The van der Waals surface area contributed by atoms with Crippen molar-refractivity contribution < 1.29 is 9.53 Å². The lowest BCUT2D eigenvalue weighted by molar-refractivity contribution is -0.125. The SMILES string of the molecule is CC(CN)C(=O)NC1CCOc2c(-c3ccccc3)cccc21. The molecule has 2 aromatic carbocycles. The topological polar surface area (TPSA) is 64.4 Å². The zero-order chi connectivity index (χ0) is 16.2. The first-order valence-corrected chi connectivity index (χ1v) is 8.02. The molecule has 4 heteroatoms. The Morgan fingerprint density at radius 1 is 1.26 bits per heavy atom. The van der Waals surface area contributed by atoms with E-state index in [-0.39, 0.29) is 17.9 Å². The number of carbonyl (C=O) groups excluding carboxylic acids is 1. The lowest BCUT2D eigenvalue weighted by Gasteiger charge is -2.29. The van der Waals surface area contributed by atoms with Crippen LogP contribution >= 0.6 is 0 Å². The van der Waals surface area contributed by atoms with Crippen LogP contribution in [0.2, 0.25) is 0 Å². The average molecular weight is 310 g/mol. The van der Waals surface area contributed by atoms with Gasteiger partial charge in [0.05, 0.1) is 12.6 Å². The second-order valence-electron chi connectivity index (χ2n) is 5.93. The fourth-order valence-electron chi connectivity index (χ4n) is 2.84. The van der Waals surface area contributed by atoms with Crippen molar-refractivity contribution in [3.63, 3.8) is 0 Å². The zero-order valence-corrected chi connectivity index (χ0v) is 13.3. The Bertz CT molecular complexity index is 685. The second kappa shape index (κ2) is 6.84. The maximum absolute atomic E-state index is 12.2. The van der Waals surface area contributed by atoms with Crippen molar-refractivity contribution in [3.05, 3.63) is 54.1 Å². The van der Waals surface area contributed by atoms with Crippen LogP contribution in [0, 0.1) is 5.92 Å². The fraction of sp³-hybridized carbons (Fsp3) is 0.316. The summed E-state index contributed by atoms with van der Waals surface area (Å²) in [7, 11) is 0.